The minimum atomic E-state index is -0.482. The van der Waals surface area contributed by atoms with Gasteiger partial charge in [0, 0.05) is 37.4 Å². The summed E-state index contributed by atoms with van der Waals surface area (Å²) in [6.07, 6.45) is 5.34. The molecule has 6 nitrogen and oxygen atoms in total. The van der Waals surface area contributed by atoms with Crippen molar-refractivity contribution in [3.05, 3.63) is 30.1 Å². The van der Waals surface area contributed by atoms with E-state index >= 15 is 0 Å². The molecular formula is C19H29N3O3. The molecule has 0 bridgehead atoms. The Balaban J connectivity index is 1.64. The number of rotatable bonds is 8. The normalized spacial score (nSPS) is 14.0. The van der Waals surface area contributed by atoms with Gasteiger partial charge >= 0.3 is 6.09 Å². The molecule has 2 rings (SSSR count). The maximum Gasteiger partial charge on any atom is 0.410 e. The van der Waals surface area contributed by atoms with E-state index in [9.17, 15) is 9.59 Å². The summed E-state index contributed by atoms with van der Waals surface area (Å²) in [5.41, 5.74) is 0.437. The van der Waals surface area contributed by atoms with Gasteiger partial charge in [-0.3, -0.25) is 9.78 Å². The molecule has 25 heavy (non-hydrogen) atoms. The molecule has 2 amide bonds. The summed E-state index contributed by atoms with van der Waals surface area (Å²) in [4.78, 5) is 30.1. The monoisotopic (exact) mass is 347 g/mol. The number of nitrogens with zero attached hydrogens (tertiary/aromatic N) is 2. The maximum atomic E-state index is 12.2. The van der Waals surface area contributed by atoms with Gasteiger partial charge in [0.2, 0.25) is 5.91 Å². The minimum absolute atomic E-state index is 0.0147. The summed E-state index contributed by atoms with van der Waals surface area (Å²) < 4.78 is 5.46. The molecule has 138 valence electrons. The Morgan fingerprint density at radius 3 is 2.68 bits per heavy atom. The third-order valence-electron chi connectivity index (χ3n) is 3.85. The first kappa shape index (κ1) is 19.2. The Labute approximate surface area is 150 Å². The van der Waals surface area contributed by atoms with Crippen LogP contribution in [0.3, 0.4) is 0 Å². The van der Waals surface area contributed by atoms with E-state index in [4.69, 9.17) is 4.74 Å². The van der Waals surface area contributed by atoms with Crippen LogP contribution in [-0.2, 0) is 16.0 Å². The Hall–Kier alpha value is -2.11. The van der Waals surface area contributed by atoms with Crippen molar-refractivity contribution >= 4 is 12.0 Å². The van der Waals surface area contributed by atoms with Crippen LogP contribution in [0.2, 0.25) is 0 Å². The molecule has 1 aliphatic carbocycles. The molecule has 0 atom stereocenters. The second kappa shape index (κ2) is 8.83. The highest BCUT2D eigenvalue weighted by Crippen LogP contribution is 2.28. The van der Waals surface area contributed by atoms with E-state index in [1.165, 1.54) is 0 Å². The average molecular weight is 347 g/mol. The van der Waals surface area contributed by atoms with Crippen LogP contribution in [0.4, 0.5) is 4.79 Å². The van der Waals surface area contributed by atoms with E-state index in [-0.39, 0.29) is 12.0 Å². The average Bonchev–Trinajstić information content (AvgIpc) is 3.37. The van der Waals surface area contributed by atoms with Gasteiger partial charge in [0.15, 0.2) is 0 Å². The zero-order chi connectivity index (χ0) is 18.3. The second-order valence-electron chi connectivity index (χ2n) is 7.43. The van der Waals surface area contributed by atoms with E-state index in [1.807, 2.05) is 39.0 Å². The fourth-order valence-corrected chi connectivity index (χ4v) is 2.48. The summed E-state index contributed by atoms with van der Waals surface area (Å²) in [6, 6.07) is 6.00. The number of hydrogen-bond acceptors (Lipinski definition) is 4. The predicted octanol–water partition coefficient (Wildman–Crippen LogP) is 2.92. The van der Waals surface area contributed by atoms with E-state index in [0.717, 1.165) is 25.0 Å². The van der Waals surface area contributed by atoms with Gasteiger partial charge in [0.05, 0.1) is 0 Å². The first-order valence-corrected chi connectivity index (χ1v) is 9.01. The Bertz CT molecular complexity index is 565. The maximum absolute atomic E-state index is 12.2. The van der Waals surface area contributed by atoms with Gasteiger partial charge in [-0.05, 0) is 58.6 Å². The van der Waals surface area contributed by atoms with Crippen molar-refractivity contribution in [1.29, 1.82) is 0 Å². The first-order valence-electron chi connectivity index (χ1n) is 9.01. The number of ether oxygens (including phenoxy) is 1. The van der Waals surface area contributed by atoms with Gasteiger partial charge in [-0.1, -0.05) is 6.07 Å². The highest BCUT2D eigenvalue weighted by atomic mass is 16.6. The lowest BCUT2D eigenvalue weighted by molar-refractivity contribution is -0.121. The molecule has 0 radical (unpaired) electrons. The van der Waals surface area contributed by atoms with Gasteiger partial charge < -0.3 is 15.0 Å². The van der Waals surface area contributed by atoms with Gasteiger partial charge in [-0.25, -0.2) is 4.79 Å². The van der Waals surface area contributed by atoms with Crippen LogP contribution in [0.15, 0.2) is 24.4 Å². The van der Waals surface area contributed by atoms with Crippen molar-refractivity contribution in [2.24, 2.45) is 0 Å². The van der Waals surface area contributed by atoms with Crippen molar-refractivity contribution in [1.82, 2.24) is 15.2 Å². The zero-order valence-corrected chi connectivity index (χ0v) is 15.5. The topological polar surface area (TPSA) is 71.5 Å². The SMILES string of the molecule is CC(C)(C)OC(=O)N(CCCNC(=O)CCc1ccccn1)C1CC1. The van der Waals surface area contributed by atoms with Gasteiger partial charge in [0.25, 0.3) is 0 Å². The molecule has 1 aromatic rings. The molecule has 0 saturated heterocycles. The highest BCUT2D eigenvalue weighted by molar-refractivity contribution is 5.76. The molecule has 1 aromatic heterocycles. The summed E-state index contributed by atoms with van der Waals surface area (Å²) in [5, 5.41) is 2.91. The lowest BCUT2D eigenvalue weighted by Crippen LogP contribution is -2.39. The molecular weight excluding hydrogens is 318 g/mol. The van der Waals surface area contributed by atoms with Gasteiger partial charge in [0.1, 0.15) is 5.60 Å². The number of nitrogens with one attached hydrogen (secondary N) is 1. The largest absolute Gasteiger partial charge is 0.444 e. The Morgan fingerprint density at radius 1 is 1.32 bits per heavy atom. The van der Waals surface area contributed by atoms with Crippen LogP contribution in [0.25, 0.3) is 0 Å². The fourth-order valence-electron chi connectivity index (χ4n) is 2.48. The lowest BCUT2D eigenvalue weighted by Gasteiger charge is -2.27. The van der Waals surface area contributed by atoms with Crippen LogP contribution in [0.1, 0.15) is 52.1 Å². The van der Waals surface area contributed by atoms with Crippen LogP contribution >= 0.6 is 0 Å². The third-order valence-corrected chi connectivity index (χ3v) is 3.85. The number of aromatic nitrogens is 1. The van der Waals surface area contributed by atoms with Crippen molar-refractivity contribution in [3.8, 4) is 0 Å². The summed E-state index contributed by atoms with van der Waals surface area (Å²) >= 11 is 0. The standard InChI is InChI=1S/C19H29N3O3/c1-19(2,3)25-18(24)22(16-9-10-16)14-6-13-21-17(23)11-8-15-7-4-5-12-20-15/h4-5,7,12,16H,6,8-11,13-14H2,1-3H3,(H,21,23). The van der Waals surface area contributed by atoms with Crippen molar-refractivity contribution < 1.29 is 14.3 Å². The number of carbonyl (C=O) groups excluding carboxylic acids is 2. The molecule has 0 aliphatic heterocycles. The smallest absolute Gasteiger partial charge is 0.410 e. The number of hydrogen-bond donors (Lipinski definition) is 1. The number of pyridine rings is 1. The van der Waals surface area contributed by atoms with Crippen molar-refractivity contribution in [2.75, 3.05) is 13.1 Å². The lowest BCUT2D eigenvalue weighted by atomic mass is 10.2. The second-order valence-corrected chi connectivity index (χ2v) is 7.43. The summed E-state index contributed by atoms with van der Waals surface area (Å²) in [5.74, 6) is 0.0147. The zero-order valence-electron chi connectivity index (χ0n) is 15.5. The molecule has 1 aliphatic rings. The van der Waals surface area contributed by atoms with Crippen molar-refractivity contribution in [2.45, 2.75) is 64.5 Å². The molecule has 0 aromatic carbocycles. The van der Waals surface area contributed by atoms with Crippen molar-refractivity contribution in [3.63, 3.8) is 0 Å². The highest BCUT2D eigenvalue weighted by Gasteiger charge is 2.34. The molecule has 0 spiro atoms. The van der Waals surface area contributed by atoms with E-state index in [2.05, 4.69) is 10.3 Å². The summed E-state index contributed by atoms with van der Waals surface area (Å²) in [6.45, 7) is 6.79. The number of amides is 2. The molecule has 1 saturated carbocycles. The fraction of sp³-hybridized carbons (Fsp3) is 0.632. The molecule has 0 unspecified atom stereocenters. The Morgan fingerprint density at radius 2 is 2.08 bits per heavy atom. The van der Waals surface area contributed by atoms with E-state index in [0.29, 0.717) is 32.0 Å². The van der Waals surface area contributed by atoms with E-state index < -0.39 is 5.60 Å². The van der Waals surface area contributed by atoms with Gasteiger partial charge in [-0.15, -0.1) is 0 Å². The molecule has 6 heteroatoms. The first-order chi connectivity index (χ1) is 11.8. The van der Waals surface area contributed by atoms with Crippen LogP contribution in [-0.4, -0.2) is 46.6 Å². The molecule has 1 N–H and O–H groups in total. The minimum Gasteiger partial charge on any atom is -0.444 e. The molecule has 1 fully saturated rings. The van der Waals surface area contributed by atoms with Crippen LogP contribution in [0, 0.1) is 0 Å². The third kappa shape index (κ3) is 7.54. The predicted molar refractivity (Wildman–Crippen MR) is 96.1 cm³/mol. The number of aryl methyl sites for hydroxylation is 1. The molecule has 1 heterocycles. The number of carbonyl (C=O) groups is 2. The van der Waals surface area contributed by atoms with Gasteiger partial charge in [-0.2, -0.15) is 0 Å². The van der Waals surface area contributed by atoms with Crippen LogP contribution in [0.5, 0.6) is 0 Å². The quantitative estimate of drug-likeness (QED) is 0.734. The van der Waals surface area contributed by atoms with Crippen LogP contribution < -0.4 is 5.32 Å². The Kier molecular flexibility index (Phi) is 6.79. The van der Waals surface area contributed by atoms with E-state index in [1.54, 1.807) is 11.1 Å². The summed E-state index contributed by atoms with van der Waals surface area (Å²) in [7, 11) is 0.